The van der Waals surface area contributed by atoms with Gasteiger partial charge in [-0.1, -0.05) is 101 Å². The maximum atomic E-state index is 7.44. The number of alkyl halides is 2. The summed E-state index contributed by atoms with van der Waals surface area (Å²) in [6.45, 7) is 2.10. The predicted molar refractivity (Wildman–Crippen MR) is 121 cm³/mol. The molecule has 2 unspecified atom stereocenters. The molecule has 0 saturated heterocycles. The first-order valence-electron chi connectivity index (χ1n) is 9.35. The third-order valence-corrected chi connectivity index (χ3v) is 8.77. The van der Waals surface area contributed by atoms with E-state index in [1.807, 2.05) is 6.07 Å². The maximum Gasteiger partial charge on any atom is 0.116 e. The van der Waals surface area contributed by atoms with E-state index in [0.29, 0.717) is 9.52 Å². The quantitative estimate of drug-likeness (QED) is 0.272. The van der Waals surface area contributed by atoms with Crippen LogP contribution in [0, 0.1) is 0 Å². The molecule has 0 N–H and O–H groups in total. The first kappa shape index (κ1) is 21.1. The molecule has 3 aromatic rings. The second-order valence-corrected chi connectivity index (χ2v) is 10.1. The molecule has 0 heterocycles. The molecular weight excluding hydrogens is 490 g/mol. The molecule has 2 atom stereocenters. The molecule has 0 aromatic heterocycles. The summed E-state index contributed by atoms with van der Waals surface area (Å²) < 4.78 is 0. The average molecular weight is 509 g/mol. The zero-order chi connectivity index (χ0) is 19.4. The number of benzene rings is 3. The van der Waals surface area contributed by atoms with Gasteiger partial charge in [-0.05, 0) is 34.7 Å². The Balaban J connectivity index is 0.00000205. The molecule has 29 heavy (non-hydrogen) atoms. The Morgan fingerprint density at radius 3 is 1.83 bits per heavy atom. The minimum absolute atomic E-state index is 0. The summed E-state index contributed by atoms with van der Waals surface area (Å²) >= 11 is 14.5. The fourth-order valence-electron chi connectivity index (χ4n) is 4.22. The Hall–Kier alpha value is -1.18. The Morgan fingerprint density at radius 1 is 0.655 bits per heavy atom. The number of hydrogen-bond acceptors (Lipinski definition) is 0. The van der Waals surface area contributed by atoms with E-state index in [-0.39, 0.29) is 26.2 Å². The van der Waals surface area contributed by atoms with Gasteiger partial charge in [0.25, 0.3) is 0 Å². The molecule has 2 aliphatic carbocycles. The van der Waals surface area contributed by atoms with Gasteiger partial charge >= 0.3 is 0 Å². The van der Waals surface area contributed by atoms with E-state index in [0.717, 1.165) is 11.1 Å². The topological polar surface area (TPSA) is 0 Å². The van der Waals surface area contributed by atoms with Gasteiger partial charge in [-0.3, -0.25) is 0 Å². The monoisotopic (exact) mass is 506 g/mol. The van der Waals surface area contributed by atoms with Crippen LogP contribution in [0.15, 0.2) is 89.3 Å². The van der Waals surface area contributed by atoms with Crippen molar-refractivity contribution in [2.24, 2.45) is 0 Å². The zero-order valence-electron chi connectivity index (χ0n) is 15.9. The molecule has 2 radical (unpaired) electrons. The fraction of sp³-hybridized carbons (Fsp3) is 0.120. The van der Waals surface area contributed by atoms with Gasteiger partial charge in [0.1, 0.15) is 14.4 Å². The summed E-state index contributed by atoms with van der Waals surface area (Å²) in [5.74, 6) is 0. The Bertz CT molecular complexity index is 1130. The standard InChI is InChI=1S/C25H18Cl2Si.Zr/c1-24(26)20-13-7-5-9-17(20)15-22(24)28-23-16-18-10-6-8-14-21(18)25(23,27)19-11-3-2-4-12-19;/h2-16H,1H3;. The van der Waals surface area contributed by atoms with E-state index in [2.05, 4.69) is 91.9 Å². The Labute approximate surface area is 203 Å². The van der Waals surface area contributed by atoms with Crippen molar-refractivity contribution >= 4 is 44.9 Å². The molecule has 5 rings (SSSR count). The van der Waals surface area contributed by atoms with Gasteiger partial charge in [-0.15, -0.1) is 23.2 Å². The van der Waals surface area contributed by atoms with E-state index in [9.17, 15) is 0 Å². The summed E-state index contributed by atoms with van der Waals surface area (Å²) in [7, 11) is 0.419. The molecule has 4 heteroatoms. The minimum Gasteiger partial charge on any atom is -0.110 e. The van der Waals surface area contributed by atoms with Gasteiger partial charge in [-0.2, -0.15) is 0 Å². The molecule has 0 saturated carbocycles. The van der Waals surface area contributed by atoms with Gasteiger partial charge in [0, 0.05) is 26.2 Å². The second kappa shape index (κ2) is 7.82. The number of hydrogen-bond donors (Lipinski definition) is 0. The van der Waals surface area contributed by atoms with E-state index < -0.39 is 9.75 Å². The molecule has 0 spiro atoms. The average Bonchev–Trinajstić information content (AvgIpc) is 3.15. The smallest absolute Gasteiger partial charge is 0.110 e. The Kier molecular flexibility index (Phi) is 5.68. The first-order valence-corrected chi connectivity index (χ1v) is 11.1. The normalized spacial score (nSPS) is 24.2. The third-order valence-electron chi connectivity index (χ3n) is 5.72. The van der Waals surface area contributed by atoms with Gasteiger partial charge in [0.05, 0.1) is 4.87 Å². The van der Waals surface area contributed by atoms with Crippen LogP contribution in [0.2, 0.25) is 0 Å². The molecule has 0 amide bonds. The summed E-state index contributed by atoms with van der Waals surface area (Å²) in [5.41, 5.74) is 5.83. The van der Waals surface area contributed by atoms with Crippen LogP contribution < -0.4 is 0 Å². The largest absolute Gasteiger partial charge is 0.116 e. The number of halogens is 2. The van der Waals surface area contributed by atoms with Crippen molar-refractivity contribution in [1.29, 1.82) is 0 Å². The number of rotatable bonds is 3. The SMILES string of the molecule is CC1(Cl)C([Si]C2=Cc3ccccc3C2(Cl)c2ccccc2)=Cc2ccccc21.[Zr]. The van der Waals surface area contributed by atoms with Crippen molar-refractivity contribution in [3.05, 3.63) is 117 Å². The zero-order valence-corrected chi connectivity index (χ0v) is 20.9. The van der Waals surface area contributed by atoms with Crippen molar-refractivity contribution in [2.45, 2.75) is 16.7 Å². The second-order valence-electron chi connectivity index (χ2n) is 7.44. The van der Waals surface area contributed by atoms with Gasteiger partial charge in [-0.25, -0.2) is 0 Å². The van der Waals surface area contributed by atoms with Crippen LogP contribution in [0.3, 0.4) is 0 Å². The third kappa shape index (κ3) is 3.29. The molecule has 2 aliphatic rings. The Morgan fingerprint density at radius 2 is 1.17 bits per heavy atom. The van der Waals surface area contributed by atoms with Crippen LogP contribution in [0.1, 0.15) is 34.7 Å². The molecule has 140 valence electrons. The van der Waals surface area contributed by atoms with E-state index >= 15 is 0 Å². The molecule has 0 bridgehead atoms. The molecule has 0 fully saturated rings. The number of fused-ring (bicyclic) bond motifs is 2. The van der Waals surface area contributed by atoms with Crippen LogP contribution in [-0.2, 0) is 36.0 Å². The fourth-order valence-corrected chi connectivity index (χ4v) is 6.65. The van der Waals surface area contributed by atoms with Crippen LogP contribution in [0.4, 0.5) is 0 Å². The molecule has 0 nitrogen and oxygen atoms in total. The van der Waals surface area contributed by atoms with Crippen LogP contribution in [0.5, 0.6) is 0 Å². The summed E-state index contributed by atoms with van der Waals surface area (Å²) in [6.07, 6.45) is 4.50. The molecular formula is C25H18Cl2SiZr. The summed E-state index contributed by atoms with van der Waals surface area (Å²) in [5, 5.41) is 2.42. The van der Waals surface area contributed by atoms with Crippen molar-refractivity contribution in [3.63, 3.8) is 0 Å². The van der Waals surface area contributed by atoms with Gasteiger partial charge in [0.2, 0.25) is 0 Å². The molecule has 0 aliphatic heterocycles. The maximum absolute atomic E-state index is 7.44. The summed E-state index contributed by atoms with van der Waals surface area (Å²) in [4.78, 5) is -1.15. The van der Waals surface area contributed by atoms with E-state index in [1.54, 1.807) is 0 Å². The van der Waals surface area contributed by atoms with Crippen LogP contribution in [-0.4, -0.2) is 9.52 Å². The molecule has 3 aromatic carbocycles. The summed E-state index contributed by atoms with van der Waals surface area (Å²) in [6, 6.07) is 27.2. The van der Waals surface area contributed by atoms with Crippen molar-refractivity contribution in [3.8, 4) is 0 Å². The first-order chi connectivity index (χ1) is 13.5. The van der Waals surface area contributed by atoms with Crippen molar-refractivity contribution in [2.75, 3.05) is 0 Å². The van der Waals surface area contributed by atoms with E-state index in [4.69, 9.17) is 23.2 Å². The van der Waals surface area contributed by atoms with Crippen molar-refractivity contribution in [1.82, 2.24) is 0 Å². The van der Waals surface area contributed by atoms with E-state index in [1.165, 1.54) is 27.1 Å². The van der Waals surface area contributed by atoms with Gasteiger partial charge in [0.15, 0.2) is 0 Å². The van der Waals surface area contributed by atoms with Gasteiger partial charge < -0.3 is 0 Å². The minimum atomic E-state index is -0.654. The predicted octanol–water partition coefficient (Wildman–Crippen LogP) is 6.73. The van der Waals surface area contributed by atoms with Crippen molar-refractivity contribution < 1.29 is 26.2 Å². The van der Waals surface area contributed by atoms with Crippen LogP contribution >= 0.6 is 23.2 Å². The number of allylic oxidation sites excluding steroid dienone is 2. The van der Waals surface area contributed by atoms with Crippen LogP contribution in [0.25, 0.3) is 12.2 Å².